The molecule has 2 rings (SSSR count). The minimum absolute atomic E-state index is 0.0441. The second-order valence-corrected chi connectivity index (χ2v) is 5.52. The van der Waals surface area contributed by atoms with E-state index in [1.54, 1.807) is 19.4 Å². The van der Waals surface area contributed by atoms with Crippen LogP contribution >= 0.6 is 15.9 Å². The molecule has 1 saturated heterocycles. The van der Waals surface area contributed by atoms with Gasteiger partial charge in [-0.25, -0.2) is 9.97 Å². The van der Waals surface area contributed by atoms with Crippen molar-refractivity contribution in [2.75, 3.05) is 31.6 Å². The molecule has 0 radical (unpaired) electrons. The lowest BCUT2D eigenvalue weighted by atomic mass is 10.1. The van der Waals surface area contributed by atoms with Crippen molar-refractivity contribution in [3.05, 3.63) is 16.9 Å². The Kier molecular flexibility index (Phi) is 5.91. The summed E-state index contributed by atoms with van der Waals surface area (Å²) in [6, 6.07) is 0. The number of rotatable bonds is 5. The largest absolute Gasteiger partial charge is 0.395 e. The Balaban J connectivity index is 1.75. The van der Waals surface area contributed by atoms with Crippen molar-refractivity contribution in [3.63, 3.8) is 0 Å². The first-order valence-corrected chi connectivity index (χ1v) is 7.59. The number of oxime groups is 1. The van der Waals surface area contributed by atoms with Crippen LogP contribution in [-0.4, -0.2) is 48.3 Å². The zero-order valence-corrected chi connectivity index (χ0v) is 13.5. The van der Waals surface area contributed by atoms with E-state index >= 15 is 0 Å². The monoisotopic (exact) mass is 355 g/mol. The molecule has 7 nitrogen and oxygen atoms in total. The lowest BCUT2D eigenvalue weighted by Crippen LogP contribution is -2.35. The van der Waals surface area contributed by atoms with Crippen LogP contribution in [0.25, 0.3) is 0 Å². The highest BCUT2D eigenvalue weighted by Gasteiger charge is 2.17. The van der Waals surface area contributed by atoms with Crippen LogP contribution in [0.15, 0.2) is 22.0 Å². The molecular formula is C13H18BrN5O2. The molecule has 1 N–H and O–H groups in total. The molecule has 0 aliphatic carbocycles. The smallest absolute Gasteiger partial charge is 0.225 e. The van der Waals surface area contributed by atoms with Crippen LogP contribution in [0.1, 0.15) is 19.3 Å². The molecule has 8 heteroatoms. The van der Waals surface area contributed by atoms with Gasteiger partial charge in [-0.05, 0) is 15.9 Å². The van der Waals surface area contributed by atoms with Gasteiger partial charge in [-0.1, -0.05) is 5.16 Å². The number of hydrogen-bond acceptors (Lipinski definition) is 6. The van der Waals surface area contributed by atoms with Gasteiger partial charge in [-0.2, -0.15) is 0 Å². The van der Waals surface area contributed by atoms with Crippen molar-refractivity contribution in [1.29, 1.82) is 0 Å². The Labute approximate surface area is 131 Å². The number of carbonyl (C=O) groups is 1. The van der Waals surface area contributed by atoms with E-state index in [-0.39, 0.29) is 5.91 Å². The molecule has 1 fully saturated rings. The molecule has 1 aliphatic heterocycles. The van der Waals surface area contributed by atoms with Crippen LogP contribution in [0.4, 0.5) is 5.95 Å². The van der Waals surface area contributed by atoms with E-state index in [1.807, 2.05) is 0 Å². The third kappa shape index (κ3) is 4.96. The molecule has 0 aromatic carbocycles. The van der Waals surface area contributed by atoms with Crippen LogP contribution in [-0.2, 0) is 9.63 Å². The van der Waals surface area contributed by atoms with Crippen LogP contribution in [0, 0.1) is 0 Å². The molecule has 0 bridgehead atoms. The molecule has 21 heavy (non-hydrogen) atoms. The molecule has 1 aromatic rings. The topological polar surface area (TPSA) is 79.7 Å². The highest BCUT2D eigenvalue weighted by molar-refractivity contribution is 9.10. The van der Waals surface area contributed by atoms with Crippen LogP contribution in [0.3, 0.4) is 0 Å². The molecule has 1 aliphatic rings. The van der Waals surface area contributed by atoms with Crippen molar-refractivity contribution in [1.82, 2.24) is 15.3 Å². The number of halogens is 1. The minimum Gasteiger partial charge on any atom is -0.395 e. The summed E-state index contributed by atoms with van der Waals surface area (Å²) in [6.45, 7) is 1.95. The van der Waals surface area contributed by atoms with Crippen molar-refractivity contribution in [2.45, 2.75) is 19.3 Å². The predicted octanol–water partition coefficient (Wildman–Crippen LogP) is 1.35. The molecule has 114 valence electrons. The quantitative estimate of drug-likeness (QED) is 0.636. The standard InChI is InChI=1S/C13H18BrN5O2/c1-15-12(20)4-7-21-18-11-2-5-19(6-3-11)13-16-8-10(14)9-17-13/h8-9H,2-7H2,1H3,(H,15,20). The lowest BCUT2D eigenvalue weighted by molar-refractivity contribution is -0.121. The SMILES string of the molecule is CNC(=O)CCON=C1CCN(c2ncc(Br)cn2)CC1. The van der Waals surface area contributed by atoms with Crippen molar-refractivity contribution >= 4 is 33.5 Å². The lowest BCUT2D eigenvalue weighted by Gasteiger charge is -2.27. The fraction of sp³-hybridized carbons (Fsp3) is 0.538. The van der Waals surface area contributed by atoms with E-state index in [0.29, 0.717) is 13.0 Å². The van der Waals surface area contributed by atoms with Gasteiger partial charge in [0.2, 0.25) is 11.9 Å². The Morgan fingerprint density at radius 1 is 1.43 bits per heavy atom. The summed E-state index contributed by atoms with van der Waals surface area (Å²) in [5.74, 6) is 0.690. The van der Waals surface area contributed by atoms with Gasteiger partial charge in [0.25, 0.3) is 0 Å². The van der Waals surface area contributed by atoms with Crippen molar-refractivity contribution in [3.8, 4) is 0 Å². The van der Waals surface area contributed by atoms with Gasteiger partial charge in [0, 0.05) is 45.4 Å². The van der Waals surface area contributed by atoms with Crippen LogP contribution in [0.2, 0.25) is 0 Å². The number of aromatic nitrogens is 2. The second-order valence-electron chi connectivity index (χ2n) is 4.60. The van der Waals surface area contributed by atoms with Gasteiger partial charge in [0.15, 0.2) is 0 Å². The fourth-order valence-corrected chi connectivity index (χ4v) is 2.13. The number of piperidine rings is 1. The van der Waals surface area contributed by atoms with Crippen LogP contribution in [0.5, 0.6) is 0 Å². The van der Waals surface area contributed by atoms with E-state index < -0.39 is 0 Å². The van der Waals surface area contributed by atoms with Gasteiger partial charge in [-0.15, -0.1) is 0 Å². The Morgan fingerprint density at radius 2 is 2.10 bits per heavy atom. The maximum Gasteiger partial charge on any atom is 0.225 e. The molecule has 1 amide bonds. The number of nitrogens with zero attached hydrogens (tertiary/aromatic N) is 4. The highest BCUT2D eigenvalue weighted by Crippen LogP contribution is 2.15. The average molecular weight is 356 g/mol. The summed E-state index contributed by atoms with van der Waals surface area (Å²) in [5, 5.41) is 6.63. The van der Waals surface area contributed by atoms with E-state index in [2.05, 4.69) is 41.3 Å². The van der Waals surface area contributed by atoms with E-state index in [9.17, 15) is 4.79 Å². The maximum absolute atomic E-state index is 11.0. The highest BCUT2D eigenvalue weighted by atomic mass is 79.9. The van der Waals surface area contributed by atoms with Gasteiger partial charge >= 0.3 is 0 Å². The van der Waals surface area contributed by atoms with Gasteiger partial charge in [0.1, 0.15) is 6.61 Å². The summed E-state index contributed by atoms with van der Waals surface area (Å²) < 4.78 is 0.870. The van der Waals surface area contributed by atoms with E-state index in [0.717, 1.165) is 42.1 Å². The van der Waals surface area contributed by atoms with Crippen LogP contribution < -0.4 is 10.2 Å². The molecule has 0 unspecified atom stereocenters. The van der Waals surface area contributed by atoms with E-state index in [4.69, 9.17) is 4.84 Å². The third-order valence-corrected chi connectivity index (χ3v) is 3.53. The van der Waals surface area contributed by atoms with Crippen molar-refractivity contribution in [2.24, 2.45) is 5.16 Å². The van der Waals surface area contributed by atoms with Gasteiger partial charge in [-0.3, -0.25) is 4.79 Å². The molecule has 0 saturated carbocycles. The number of hydrogen-bond donors (Lipinski definition) is 1. The minimum atomic E-state index is -0.0441. The Morgan fingerprint density at radius 3 is 2.71 bits per heavy atom. The molecule has 1 aromatic heterocycles. The normalized spacial score (nSPS) is 14.8. The predicted molar refractivity (Wildman–Crippen MR) is 83.2 cm³/mol. The summed E-state index contributed by atoms with van der Waals surface area (Å²) in [4.78, 5) is 26.9. The Bertz CT molecular complexity index is 496. The zero-order chi connectivity index (χ0) is 15.1. The molecule has 0 atom stereocenters. The summed E-state index contributed by atoms with van der Waals surface area (Å²) >= 11 is 3.32. The van der Waals surface area contributed by atoms with Crippen molar-refractivity contribution < 1.29 is 9.63 Å². The average Bonchev–Trinajstić information content (AvgIpc) is 2.52. The number of carbonyl (C=O) groups excluding carboxylic acids is 1. The first kappa shape index (κ1) is 15.7. The Hall–Kier alpha value is -1.70. The molecular weight excluding hydrogens is 338 g/mol. The first-order chi connectivity index (χ1) is 10.2. The maximum atomic E-state index is 11.0. The number of nitrogens with one attached hydrogen (secondary N) is 1. The summed E-state index contributed by atoms with van der Waals surface area (Å²) in [7, 11) is 1.61. The summed E-state index contributed by atoms with van der Waals surface area (Å²) in [5.41, 5.74) is 1.01. The zero-order valence-electron chi connectivity index (χ0n) is 11.9. The van der Waals surface area contributed by atoms with Gasteiger partial charge in [0.05, 0.1) is 16.6 Å². The van der Waals surface area contributed by atoms with Gasteiger partial charge < -0.3 is 15.1 Å². The number of anilines is 1. The number of amides is 1. The molecule has 0 spiro atoms. The summed E-state index contributed by atoms with van der Waals surface area (Å²) in [6.07, 6.45) is 5.45. The first-order valence-electron chi connectivity index (χ1n) is 6.80. The van der Waals surface area contributed by atoms with E-state index in [1.165, 1.54) is 0 Å². The second kappa shape index (κ2) is 7.92. The third-order valence-electron chi connectivity index (χ3n) is 3.12. The molecule has 2 heterocycles. The fourth-order valence-electron chi connectivity index (χ4n) is 1.93.